The number of rotatable bonds is 4. The van der Waals surface area contributed by atoms with Crippen LogP contribution in [0, 0.1) is 0 Å². The standard InChI is InChI=1S/C18H18O3/c19-18(21-20-15-10-4-5-11-15)17-13-7-6-12-16(17)14-8-2-1-3-9-14/h1-3,6-9,12-13,15H,4-5,10-11H2. The van der Waals surface area contributed by atoms with Crippen LogP contribution in [0.25, 0.3) is 11.1 Å². The van der Waals surface area contributed by atoms with Crippen molar-refractivity contribution >= 4 is 5.97 Å². The van der Waals surface area contributed by atoms with Gasteiger partial charge in [-0.3, -0.25) is 4.89 Å². The van der Waals surface area contributed by atoms with Crippen molar-refractivity contribution in [3.8, 4) is 11.1 Å². The molecule has 0 radical (unpaired) electrons. The van der Waals surface area contributed by atoms with Gasteiger partial charge in [0, 0.05) is 0 Å². The lowest BCUT2D eigenvalue weighted by molar-refractivity contribution is -0.272. The Balaban J connectivity index is 1.76. The third kappa shape index (κ3) is 3.31. The van der Waals surface area contributed by atoms with Gasteiger partial charge in [-0.15, -0.1) is 0 Å². The third-order valence-electron chi connectivity index (χ3n) is 3.79. The average molecular weight is 282 g/mol. The maximum absolute atomic E-state index is 12.2. The van der Waals surface area contributed by atoms with E-state index in [9.17, 15) is 4.79 Å². The summed E-state index contributed by atoms with van der Waals surface area (Å²) in [5.41, 5.74) is 2.38. The van der Waals surface area contributed by atoms with Crippen LogP contribution in [-0.4, -0.2) is 12.1 Å². The van der Waals surface area contributed by atoms with Crippen LogP contribution in [0.1, 0.15) is 36.0 Å². The summed E-state index contributed by atoms with van der Waals surface area (Å²) < 4.78 is 0. The fourth-order valence-electron chi connectivity index (χ4n) is 2.67. The number of hydrogen-bond acceptors (Lipinski definition) is 3. The molecule has 0 aromatic heterocycles. The van der Waals surface area contributed by atoms with Crippen molar-refractivity contribution in [3.63, 3.8) is 0 Å². The fourth-order valence-corrected chi connectivity index (χ4v) is 2.67. The molecular weight excluding hydrogens is 264 g/mol. The molecule has 1 fully saturated rings. The summed E-state index contributed by atoms with van der Waals surface area (Å²) in [4.78, 5) is 22.5. The zero-order valence-electron chi connectivity index (χ0n) is 11.8. The van der Waals surface area contributed by atoms with E-state index in [0.717, 1.165) is 36.8 Å². The molecular formula is C18H18O3. The molecule has 3 nitrogen and oxygen atoms in total. The Morgan fingerprint density at radius 3 is 2.33 bits per heavy atom. The van der Waals surface area contributed by atoms with Crippen molar-refractivity contribution in [2.75, 3.05) is 0 Å². The monoisotopic (exact) mass is 282 g/mol. The smallest absolute Gasteiger partial charge is 0.293 e. The molecule has 2 aromatic rings. The predicted molar refractivity (Wildman–Crippen MR) is 80.6 cm³/mol. The Bertz CT molecular complexity index is 601. The molecule has 108 valence electrons. The first kappa shape index (κ1) is 13.8. The van der Waals surface area contributed by atoms with Gasteiger partial charge in [-0.1, -0.05) is 61.4 Å². The van der Waals surface area contributed by atoms with Gasteiger partial charge >= 0.3 is 5.97 Å². The Hall–Kier alpha value is -2.13. The normalized spacial score (nSPS) is 15.0. The van der Waals surface area contributed by atoms with Crippen LogP contribution < -0.4 is 0 Å². The molecule has 0 saturated heterocycles. The maximum Gasteiger partial charge on any atom is 0.373 e. The Morgan fingerprint density at radius 2 is 1.57 bits per heavy atom. The van der Waals surface area contributed by atoms with E-state index in [-0.39, 0.29) is 6.10 Å². The zero-order valence-corrected chi connectivity index (χ0v) is 11.8. The van der Waals surface area contributed by atoms with Crippen molar-refractivity contribution in [1.29, 1.82) is 0 Å². The molecule has 2 aromatic carbocycles. The first-order valence-corrected chi connectivity index (χ1v) is 7.37. The van der Waals surface area contributed by atoms with Gasteiger partial charge in [0.05, 0.1) is 5.56 Å². The Labute approximate surface area is 124 Å². The van der Waals surface area contributed by atoms with E-state index in [2.05, 4.69) is 0 Å². The van der Waals surface area contributed by atoms with E-state index in [1.165, 1.54) is 0 Å². The summed E-state index contributed by atoms with van der Waals surface area (Å²) in [6.45, 7) is 0. The molecule has 1 saturated carbocycles. The summed E-state index contributed by atoms with van der Waals surface area (Å²) >= 11 is 0. The summed E-state index contributed by atoms with van der Waals surface area (Å²) in [5, 5.41) is 0. The third-order valence-corrected chi connectivity index (χ3v) is 3.79. The molecule has 0 N–H and O–H groups in total. The summed E-state index contributed by atoms with van der Waals surface area (Å²) in [6.07, 6.45) is 4.27. The molecule has 0 unspecified atom stereocenters. The minimum absolute atomic E-state index is 0.0536. The second-order valence-electron chi connectivity index (χ2n) is 5.29. The molecule has 0 bridgehead atoms. The van der Waals surface area contributed by atoms with Gasteiger partial charge < -0.3 is 0 Å². The highest BCUT2D eigenvalue weighted by Gasteiger charge is 2.20. The van der Waals surface area contributed by atoms with Crippen LogP contribution in [0.3, 0.4) is 0 Å². The summed E-state index contributed by atoms with van der Waals surface area (Å²) in [7, 11) is 0. The molecule has 0 atom stereocenters. The van der Waals surface area contributed by atoms with E-state index in [4.69, 9.17) is 9.78 Å². The molecule has 0 spiro atoms. The van der Waals surface area contributed by atoms with E-state index in [1.807, 2.05) is 48.5 Å². The van der Waals surface area contributed by atoms with Crippen molar-refractivity contribution in [2.24, 2.45) is 0 Å². The van der Waals surface area contributed by atoms with Crippen LogP contribution in [0.2, 0.25) is 0 Å². The fraction of sp³-hybridized carbons (Fsp3) is 0.278. The molecule has 1 aliphatic rings. The molecule has 1 aliphatic carbocycles. The second kappa shape index (κ2) is 6.55. The SMILES string of the molecule is O=C(OOC1CCCC1)c1ccccc1-c1ccccc1. The average Bonchev–Trinajstić information content (AvgIpc) is 3.07. The lowest BCUT2D eigenvalue weighted by Crippen LogP contribution is -2.14. The number of benzene rings is 2. The lowest BCUT2D eigenvalue weighted by Gasteiger charge is -2.11. The molecule has 21 heavy (non-hydrogen) atoms. The minimum Gasteiger partial charge on any atom is -0.293 e. The zero-order chi connectivity index (χ0) is 14.5. The molecule has 0 aliphatic heterocycles. The topological polar surface area (TPSA) is 35.5 Å². The largest absolute Gasteiger partial charge is 0.373 e. The van der Waals surface area contributed by atoms with Gasteiger partial charge in [-0.25, -0.2) is 4.79 Å². The minimum atomic E-state index is -0.429. The number of hydrogen-bond donors (Lipinski definition) is 0. The number of carbonyl (C=O) groups excluding carboxylic acids is 1. The summed E-state index contributed by atoms with van der Waals surface area (Å²) in [5.74, 6) is -0.429. The molecule has 3 heteroatoms. The van der Waals surface area contributed by atoms with Crippen LogP contribution in [-0.2, 0) is 9.78 Å². The van der Waals surface area contributed by atoms with Gasteiger partial charge in [0.2, 0.25) is 0 Å². The van der Waals surface area contributed by atoms with Crippen molar-refractivity contribution in [3.05, 3.63) is 60.2 Å². The lowest BCUT2D eigenvalue weighted by atomic mass is 10.00. The Morgan fingerprint density at radius 1 is 0.905 bits per heavy atom. The van der Waals surface area contributed by atoms with Gasteiger partial charge in [-0.05, 0) is 30.0 Å². The van der Waals surface area contributed by atoms with E-state index in [1.54, 1.807) is 6.07 Å². The maximum atomic E-state index is 12.2. The van der Waals surface area contributed by atoms with Gasteiger partial charge in [0.15, 0.2) is 0 Å². The molecule has 3 rings (SSSR count). The second-order valence-corrected chi connectivity index (χ2v) is 5.29. The van der Waals surface area contributed by atoms with E-state index >= 15 is 0 Å². The van der Waals surface area contributed by atoms with Crippen LogP contribution >= 0.6 is 0 Å². The quantitative estimate of drug-likeness (QED) is 0.616. The van der Waals surface area contributed by atoms with Gasteiger partial charge in [0.25, 0.3) is 0 Å². The van der Waals surface area contributed by atoms with Crippen LogP contribution in [0.15, 0.2) is 54.6 Å². The van der Waals surface area contributed by atoms with Crippen LogP contribution in [0.4, 0.5) is 0 Å². The van der Waals surface area contributed by atoms with Gasteiger partial charge in [0.1, 0.15) is 6.10 Å². The highest BCUT2D eigenvalue weighted by atomic mass is 17.2. The summed E-state index contributed by atoms with van der Waals surface area (Å²) in [6, 6.07) is 17.2. The highest BCUT2D eigenvalue weighted by Crippen LogP contribution is 2.25. The van der Waals surface area contributed by atoms with Crippen molar-refractivity contribution in [2.45, 2.75) is 31.8 Å². The first-order chi connectivity index (χ1) is 10.3. The van der Waals surface area contributed by atoms with Crippen molar-refractivity contribution < 1.29 is 14.6 Å². The number of carbonyl (C=O) groups is 1. The van der Waals surface area contributed by atoms with E-state index in [0.29, 0.717) is 5.56 Å². The predicted octanol–water partition coefficient (Wildman–Crippen LogP) is 4.38. The van der Waals surface area contributed by atoms with E-state index < -0.39 is 5.97 Å². The first-order valence-electron chi connectivity index (χ1n) is 7.37. The van der Waals surface area contributed by atoms with Crippen LogP contribution in [0.5, 0.6) is 0 Å². The van der Waals surface area contributed by atoms with Crippen molar-refractivity contribution in [1.82, 2.24) is 0 Å². The molecule has 0 amide bonds. The Kier molecular flexibility index (Phi) is 4.31. The highest BCUT2D eigenvalue weighted by molar-refractivity contribution is 5.96. The molecule has 0 heterocycles. The van der Waals surface area contributed by atoms with Gasteiger partial charge in [-0.2, -0.15) is 4.89 Å².